The number of carboxylic acid groups (broad SMARTS) is 1. The first-order chi connectivity index (χ1) is 9.38. The van der Waals surface area contributed by atoms with Crippen molar-refractivity contribution in [1.82, 2.24) is 0 Å². The molecule has 1 aromatic carbocycles. The Morgan fingerprint density at radius 1 is 1.35 bits per heavy atom. The van der Waals surface area contributed by atoms with Crippen molar-refractivity contribution in [2.75, 3.05) is 17.9 Å². The minimum atomic E-state index is -0.994. The molecular formula is C13H15NO5S. The van der Waals surface area contributed by atoms with Crippen LogP contribution in [0, 0.1) is 0 Å². The van der Waals surface area contributed by atoms with E-state index in [1.54, 1.807) is 32.0 Å². The Bertz CT molecular complexity index is 544. The number of benzene rings is 1. The van der Waals surface area contributed by atoms with Crippen LogP contribution in [0.15, 0.2) is 18.2 Å². The number of rotatable bonds is 5. The van der Waals surface area contributed by atoms with Crippen LogP contribution in [-0.2, 0) is 9.59 Å². The Hall–Kier alpha value is -1.89. The van der Waals surface area contributed by atoms with Crippen molar-refractivity contribution >= 4 is 29.3 Å². The van der Waals surface area contributed by atoms with Crippen molar-refractivity contribution in [2.45, 2.75) is 18.6 Å². The fraction of sp³-hybridized carbons (Fsp3) is 0.385. The van der Waals surface area contributed by atoms with Crippen molar-refractivity contribution < 1.29 is 24.2 Å². The summed E-state index contributed by atoms with van der Waals surface area (Å²) < 4.78 is 9.39. The number of fused-ring (bicyclic) bond motifs is 1. The van der Waals surface area contributed by atoms with Gasteiger partial charge in [0.2, 0.25) is 12.7 Å². The molecule has 0 saturated carbocycles. The fourth-order valence-electron chi connectivity index (χ4n) is 1.48. The molecule has 1 aliphatic rings. The Kier molecular flexibility index (Phi) is 4.08. The number of carboxylic acids is 1. The minimum absolute atomic E-state index is 0.0632. The quantitative estimate of drug-likeness (QED) is 0.864. The number of carbonyl (C=O) groups is 2. The predicted molar refractivity (Wildman–Crippen MR) is 75.4 cm³/mol. The standard InChI is InChI=1S/C13H15NO5S/c1-13(2,12(16)17)20-6-11(15)14-8-3-4-9-10(5-8)19-7-18-9/h3-5H,6-7H2,1-2H3,(H,14,15)(H,16,17). The van der Waals surface area contributed by atoms with E-state index in [-0.39, 0.29) is 18.5 Å². The molecule has 0 unspecified atom stereocenters. The van der Waals surface area contributed by atoms with Crippen molar-refractivity contribution in [3.63, 3.8) is 0 Å². The Labute approximate surface area is 120 Å². The predicted octanol–water partition coefficient (Wildman–Crippen LogP) is 1.95. The van der Waals surface area contributed by atoms with E-state index < -0.39 is 10.7 Å². The first-order valence-corrected chi connectivity index (χ1v) is 6.94. The second kappa shape index (κ2) is 5.62. The molecule has 0 spiro atoms. The van der Waals surface area contributed by atoms with E-state index in [1.165, 1.54) is 0 Å². The molecule has 1 aromatic rings. The van der Waals surface area contributed by atoms with Crippen LogP contribution in [0.3, 0.4) is 0 Å². The minimum Gasteiger partial charge on any atom is -0.480 e. The molecule has 1 amide bonds. The van der Waals surface area contributed by atoms with Gasteiger partial charge < -0.3 is 19.9 Å². The van der Waals surface area contributed by atoms with Gasteiger partial charge in [0, 0.05) is 11.8 Å². The maximum Gasteiger partial charge on any atom is 0.319 e. The van der Waals surface area contributed by atoms with Gasteiger partial charge in [0.1, 0.15) is 4.75 Å². The van der Waals surface area contributed by atoms with Crippen LogP contribution < -0.4 is 14.8 Å². The van der Waals surface area contributed by atoms with E-state index in [2.05, 4.69) is 5.32 Å². The highest BCUT2D eigenvalue weighted by Gasteiger charge is 2.28. The molecule has 20 heavy (non-hydrogen) atoms. The molecule has 0 radical (unpaired) electrons. The number of amides is 1. The van der Waals surface area contributed by atoms with Crippen molar-refractivity contribution in [3.8, 4) is 11.5 Å². The van der Waals surface area contributed by atoms with E-state index in [1.807, 2.05) is 0 Å². The number of carbonyl (C=O) groups excluding carboxylic acids is 1. The monoisotopic (exact) mass is 297 g/mol. The van der Waals surface area contributed by atoms with Crippen molar-refractivity contribution in [3.05, 3.63) is 18.2 Å². The largest absolute Gasteiger partial charge is 0.480 e. The van der Waals surface area contributed by atoms with Crippen molar-refractivity contribution in [2.24, 2.45) is 0 Å². The molecule has 6 nitrogen and oxygen atoms in total. The summed E-state index contributed by atoms with van der Waals surface area (Å²) >= 11 is 1.07. The molecule has 1 aliphatic heterocycles. The lowest BCUT2D eigenvalue weighted by Gasteiger charge is -2.17. The van der Waals surface area contributed by atoms with Gasteiger partial charge in [-0.3, -0.25) is 9.59 Å². The molecule has 2 N–H and O–H groups in total. The van der Waals surface area contributed by atoms with Gasteiger partial charge in [-0.2, -0.15) is 0 Å². The average Bonchev–Trinajstić information content (AvgIpc) is 2.83. The van der Waals surface area contributed by atoms with E-state index in [9.17, 15) is 9.59 Å². The molecule has 0 saturated heterocycles. The Morgan fingerprint density at radius 3 is 2.75 bits per heavy atom. The molecule has 0 bridgehead atoms. The maximum absolute atomic E-state index is 11.8. The summed E-state index contributed by atoms with van der Waals surface area (Å²) in [6, 6.07) is 5.10. The Morgan fingerprint density at radius 2 is 2.05 bits per heavy atom. The molecule has 2 rings (SSSR count). The number of hydrogen-bond acceptors (Lipinski definition) is 5. The molecule has 1 heterocycles. The zero-order valence-corrected chi connectivity index (χ0v) is 12.0. The summed E-state index contributed by atoms with van der Waals surface area (Å²) in [6.07, 6.45) is 0. The summed E-state index contributed by atoms with van der Waals surface area (Å²) in [4.78, 5) is 22.7. The third kappa shape index (κ3) is 3.36. The topological polar surface area (TPSA) is 84.9 Å². The van der Waals surface area contributed by atoms with Gasteiger partial charge in [-0.25, -0.2) is 0 Å². The van der Waals surface area contributed by atoms with Crippen LogP contribution in [0.4, 0.5) is 5.69 Å². The van der Waals surface area contributed by atoms with Gasteiger partial charge in [0.15, 0.2) is 11.5 Å². The van der Waals surface area contributed by atoms with Gasteiger partial charge in [0.05, 0.1) is 5.75 Å². The number of aliphatic carboxylic acids is 1. The molecule has 0 fully saturated rings. The van der Waals surface area contributed by atoms with Gasteiger partial charge >= 0.3 is 5.97 Å². The highest BCUT2D eigenvalue weighted by atomic mass is 32.2. The Balaban J connectivity index is 1.90. The molecule has 0 atom stereocenters. The van der Waals surface area contributed by atoms with Crippen LogP contribution in [0.2, 0.25) is 0 Å². The van der Waals surface area contributed by atoms with Crippen LogP contribution in [0.5, 0.6) is 11.5 Å². The summed E-state index contributed by atoms with van der Waals surface area (Å²) in [5, 5.41) is 11.7. The second-order valence-corrected chi connectivity index (χ2v) is 6.32. The number of ether oxygens (including phenoxy) is 2. The lowest BCUT2D eigenvalue weighted by atomic mass is 10.2. The molecule has 108 valence electrons. The van der Waals surface area contributed by atoms with Gasteiger partial charge in [-0.1, -0.05) is 0 Å². The second-order valence-electron chi connectivity index (χ2n) is 4.72. The first kappa shape index (κ1) is 14.5. The molecule has 0 aliphatic carbocycles. The lowest BCUT2D eigenvalue weighted by Crippen LogP contribution is -2.29. The summed E-state index contributed by atoms with van der Waals surface area (Å²) in [5.74, 6) is 0.0839. The van der Waals surface area contributed by atoms with Crippen LogP contribution in [0.25, 0.3) is 0 Å². The van der Waals surface area contributed by atoms with Gasteiger partial charge in [0.25, 0.3) is 0 Å². The van der Waals surface area contributed by atoms with Crippen molar-refractivity contribution in [1.29, 1.82) is 0 Å². The third-order valence-electron chi connectivity index (χ3n) is 2.74. The molecular weight excluding hydrogens is 282 g/mol. The number of thioether (sulfide) groups is 1. The highest BCUT2D eigenvalue weighted by Crippen LogP contribution is 2.34. The van der Waals surface area contributed by atoms with Gasteiger partial charge in [-0.05, 0) is 26.0 Å². The smallest absolute Gasteiger partial charge is 0.319 e. The molecule has 0 aromatic heterocycles. The maximum atomic E-state index is 11.8. The average molecular weight is 297 g/mol. The number of anilines is 1. The van der Waals surface area contributed by atoms with E-state index in [0.29, 0.717) is 17.2 Å². The van der Waals surface area contributed by atoms with Crippen LogP contribution in [-0.4, -0.2) is 34.3 Å². The fourth-order valence-corrected chi connectivity index (χ4v) is 2.17. The zero-order valence-electron chi connectivity index (χ0n) is 11.1. The summed E-state index contributed by atoms with van der Waals surface area (Å²) in [7, 11) is 0. The highest BCUT2D eigenvalue weighted by molar-refractivity contribution is 8.02. The lowest BCUT2D eigenvalue weighted by molar-refractivity contribution is -0.138. The molecule has 7 heteroatoms. The normalized spacial score (nSPS) is 13.1. The van der Waals surface area contributed by atoms with E-state index in [0.717, 1.165) is 11.8 Å². The van der Waals surface area contributed by atoms with E-state index in [4.69, 9.17) is 14.6 Å². The zero-order chi connectivity index (χ0) is 14.8. The number of nitrogens with one attached hydrogen (secondary N) is 1. The summed E-state index contributed by atoms with van der Waals surface area (Å²) in [6.45, 7) is 3.30. The van der Waals surface area contributed by atoms with Crippen LogP contribution >= 0.6 is 11.8 Å². The van der Waals surface area contributed by atoms with Gasteiger partial charge in [-0.15, -0.1) is 11.8 Å². The van der Waals surface area contributed by atoms with Crippen LogP contribution in [0.1, 0.15) is 13.8 Å². The third-order valence-corrected chi connectivity index (χ3v) is 4.04. The first-order valence-electron chi connectivity index (χ1n) is 5.95. The summed E-state index contributed by atoms with van der Waals surface area (Å²) in [5.41, 5.74) is 0.591. The number of hydrogen-bond donors (Lipinski definition) is 2. The SMILES string of the molecule is CC(C)(SCC(=O)Nc1ccc2c(c1)OCO2)C(=O)O. The van der Waals surface area contributed by atoms with E-state index >= 15 is 0 Å².